The first-order chi connectivity index (χ1) is 27.2. The fraction of sp³-hybridized carbons (Fsp3) is 0. The van der Waals surface area contributed by atoms with Crippen molar-refractivity contribution in [2.75, 3.05) is 4.90 Å². The molecule has 0 atom stereocenters. The fourth-order valence-electron chi connectivity index (χ4n) is 8.08. The fourth-order valence-corrected chi connectivity index (χ4v) is 9.22. The minimum Gasteiger partial charge on any atom is -0.456 e. The maximum atomic E-state index is 6.12. The van der Waals surface area contributed by atoms with Crippen molar-refractivity contribution in [1.29, 1.82) is 0 Å². The van der Waals surface area contributed by atoms with Crippen LogP contribution >= 0.6 is 11.3 Å². The van der Waals surface area contributed by atoms with Gasteiger partial charge in [0.15, 0.2) is 0 Å². The summed E-state index contributed by atoms with van der Waals surface area (Å²) >= 11 is 1.86. The van der Waals surface area contributed by atoms with Crippen molar-refractivity contribution in [2.24, 2.45) is 0 Å². The Morgan fingerprint density at radius 1 is 0.309 bits per heavy atom. The van der Waals surface area contributed by atoms with Crippen molar-refractivity contribution in [3.8, 4) is 33.4 Å². The zero-order chi connectivity index (χ0) is 36.3. The van der Waals surface area contributed by atoms with Gasteiger partial charge in [-0.1, -0.05) is 127 Å². The molecule has 2 aromatic heterocycles. The first kappa shape index (κ1) is 31.6. The molecule has 0 aliphatic heterocycles. The minimum atomic E-state index is 0.908. The summed E-state index contributed by atoms with van der Waals surface area (Å²) < 4.78 is 8.75. The van der Waals surface area contributed by atoms with Gasteiger partial charge in [-0.15, -0.1) is 11.3 Å². The molecule has 0 saturated heterocycles. The summed E-state index contributed by atoms with van der Waals surface area (Å²) in [6.07, 6.45) is 0. The van der Waals surface area contributed by atoms with Gasteiger partial charge in [0.05, 0.1) is 0 Å². The Morgan fingerprint density at radius 3 is 1.71 bits per heavy atom. The molecule has 0 aliphatic rings. The van der Waals surface area contributed by atoms with Crippen LogP contribution < -0.4 is 4.90 Å². The molecule has 0 radical (unpaired) electrons. The smallest absolute Gasteiger partial charge is 0.135 e. The summed E-state index contributed by atoms with van der Waals surface area (Å²) in [5.41, 5.74) is 12.2. The number of fused-ring (bicyclic) bond motifs is 7. The molecule has 0 unspecified atom stereocenters. The number of hydrogen-bond acceptors (Lipinski definition) is 3. The Labute approximate surface area is 322 Å². The van der Waals surface area contributed by atoms with Gasteiger partial charge >= 0.3 is 0 Å². The predicted molar refractivity (Wildman–Crippen MR) is 235 cm³/mol. The van der Waals surface area contributed by atoms with E-state index in [-0.39, 0.29) is 0 Å². The third-order valence-corrected chi connectivity index (χ3v) is 12.0. The Kier molecular flexibility index (Phi) is 7.39. The highest BCUT2D eigenvalue weighted by Crippen LogP contribution is 2.41. The maximum Gasteiger partial charge on any atom is 0.135 e. The van der Waals surface area contributed by atoms with Gasteiger partial charge in [-0.3, -0.25) is 0 Å². The third-order valence-electron chi connectivity index (χ3n) is 10.8. The molecule has 3 heteroatoms. The van der Waals surface area contributed by atoms with E-state index < -0.39 is 0 Å². The molecular weight excluding hydrogens is 687 g/mol. The summed E-state index contributed by atoms with van der Waals surface area (Å²) in [5.74, 6) is 0. The molecule has 0 amide bonds. The van der Waals surface area contributed by atoms with E-state index >= 15 is 0 Å². The normalized spacial score (nSPS) is 11.6. The van der Waals surface area contributed by atoms with E-state index in [2.05, 4.69) is 193 Å². The summed E-state index contributed by atoms with van der Waals surface area (Å²) in [7, 11) is 0. The van der Waals surface area contributed by atoms with E-state index in [0.717, 1.165) is 50.1 Å². The highest BCUT2D eigenvalue weighted by Gasteiger charge is 2.16. The number of para-hydroxylation sites is 1. The standard InChI is InChI=1S/C52H33NOS/c1-2-10-36-29-39(20-19-34(36)9-1)37-11-7-13-43(30-37)53(42-25-21-35(22-26-42)40-24-28-50-48(32-40)45-15-3-5-17-49(45)54-50)44-14-8-12-38(31-44)41-23-27-47-46-16-4-6-18-51(46)55-52(47)33-41/h1-33H. The molecule has 9 aromatic carbocycles. The number of hydrogen-bond donors (Lipinski definition) is 0. The molecule has 0 spiro atoms. The van der Waals surface area contributed by atoms with Crippen LogP contribution in [-0.2, 0) is 0 Å². The van der Waals surface area contributed by atoms with Crippen molar-refractivity contribution in [3.05, 3.63) is 200 Å². The molecule has 258 valence electrons. The minimum absolute atomic E-state index is 0.908. The number of nitrogens with zero attached hydrogens (tertiary/aromatic N) is 1. The van der Waals surface area contributed by atoms with Gasteiger partial charge < -0.3 is 9.32 Å². The summed E-state index contributed by atoms with van der Waals surface area (Å²) in [6, 6.07) is 72.4. The molecule has 0 bridgehead atoms. The molecule has 2 heterocycles. The molecule has 0 saturated carbocycles. The molecule has 2 nitrogen and oxygen atoms in total. The van der Waals surface area contributed by atoms with Gasteiger partial charge in [0.2, 0.25) is 0 Å². The molecule has 0 aliphatic carbocycles. The van der Waals surface area contributed by atoms with Gasteiger partial charge in [0, 0.05) is 48.0 Å². The van der Waals surface area contributed by atoms with E-state index in [0.29, 0.717) is 0 Å². The lowest BCUT2D eigenvalue weighted by molar-refractivity contribution is 0.669. The van der Waals surface area contributed by atoms with Crippen LogP contribution in [0.15, 0.2) is 205 Å². The van der Waals surface area contributed by atoms with Gasteiger partial charge in [0.25, 0.3) is 0 Å². The number of thiophene rings is 1. The lowest BCUT2D eigenvalue weighted by Gasteiger charge is -2.27. The van der Waals surface area contributed by atoms with Crippen molar-refractivity contribution in [2.45, 2.75) is 0 Å². The number of furan rings is 1. The Bertz CT molecular complexity index is 3220. The average Bonchev–Trinajstić information content (AvgIpc) is 3.82. The first-order valence-corrected chi connectivity index (χ1v) is 19.5. The highest BCUT2D eigenvalue weighted by atomic mass is 32.1. The molecular formula is C52H33NOS. The van der Waals surface area contributed by atoms with Crippen LogP contribution in [0.4, 0.5) is 17.1 Å². The van der Waals surface area contributed by atoms with Gasteiger partial charge in [-0.2, -0.15) is 0 Å². The molecule has 0 fully saturated rings. The highest BCUT2D eigenvalue weighted by molar-refractivity contribution is 7.25. The van der Waals surface area contributed by atoms with Crippen LogP contribution in [0, 0.1) is 0 Å². The van der Waals surface area contributed by atoms with Crippen LogP contribution in [0.1, 0.15) is 0 Å². The summed E-state index contributed by atoms with van der Waals surface area (Å²) in [5, 5.41) is 7.39. The molecule has 11 rings (SSSR count). The Hall–Kier alpha value is -6.94. The Balaban J connectivity index is 1.02. The quantitative estimate of drug-likeness (QED) is 0.170. The summed E-state index contributed by atoms with van der Waals surface area (Å²) in [4.78, 5) is 2.38. The van der Waals surface area contributed by atoms with Crippen molar-refractivity contribution in [3.63, 3.8) is 0 Å². The van der Waals surface area contributed by atoms with Crippen LogP contribution in [0.3, 0.4) is 0 Å². The van der Waals surface area contributed by atoms with Gasteiger partial charge in [-0.05, 0) is 117 Å². The van der Waals surface area contributed by atoms with E-state index in [1.165, 1.54) is 53.2 Å². The van der Waals surface area contributed by atoms with E-state index in [4.69, 9.17) is 4.42 Å². The van der Waals surface area contributed by atoms with Crippen molar-refractivity contribution < 1.29 is 4.42 Å². The zero-order valence-electron chi connectivity index (χ0n) is 29.8. The second-order valence-corrected chi connectivity index (χ2v) is 15.2. The predicted octanol–water partition coefficient (Wildman–Crippen LogP) is 15.6. The molecule has 55 heavy (non-hydrogen) atoms. The van der Waals surface area contributed by atoms with Crippen LogP contribution in [0.5, 0.6) is 0 Å². The van der Waals surface area contributed by atoms with Crippen molar-refractivity contribution in [1.82, 2.24) is 0 Å². The second kappa shape index (κ2) is 12.9. The van der Waals surface area contributed by atoms with E-state index in [1.807, 2.05) is 23.5 Å². The SMILES string of the molecule is c1cc(-c2ccc3ccccc3c2)cc(N(c2ccc(-c3ccc4oc5ccccc5c4c3)cc2)c2cccc(-c3ccc4c(c3)sc3ccccc34)c2)c1. The van der Waals surface area contributed by atoms with Gasteiger partial charge in [-0.25, -0.2) is 0 Å². The maximum absolute atomic E-state index is 6.12. The number of anilines is 3. The number of benzene rings is 9. The second-order valence-electron chi connectivity index (χ2n) is 14.2. The monoisotopic (exact) mass is 719 g/mol. The van der Waals surface area contributed by atoms with Crippen LogP contribution in [-0.4, -0.2) is 0 Å². The molecule has 11 aromatic rings. The van der Waals surface area contributed by atoms with Crippen LogP contribution in [0.2, 0.25) is 0 Å². The largest absolute Gasteiger partial charge is 0.456 e. The van der Waals surface area contributed by atoms with Gasteiger partial charge in [0.1, 0.15) is 11.2 Å². The van der Waals surface area contributed by atoms with E-state index in [9.17, 15) is 0 Å². The van der Waals surface area contributed by atoms with Crippen molar-refractivity contribution >= 4 is 81.3 Å². The lowest BCUT2D eigenvalue weighted by Crippen LogP contribution is -2.10. The number of rotatable bonds is 6. The van der Waals surface area contributed by atoms with Crippen LogP contribution in [0.25, 0.3) is 86.3 Å². The average molecular weight is 720 g/mol. The first-order valence-electron chi connectivity index (χ1n) is 18.6. The lowest BCUT2D eigenvalue weighted by atomic mass is 9.99. The molecule has 0 N–H and O–H groups in total. The zero-order valence-corrected chi connectivity index (χ0v) is 30.6. The topological polar surface area (TPSA) is 16.4 Å². The summed E-state index contributed by atoms with van der Waals surface area (Å²) in [6.45, 7) is 0. The Morgan fingerprint density at radius 2 is 0.891 bits per heavy atom. The third kappa shape index (κ3) is 5.56. The van der Waals surface area contributed by atoms with E-state index in [1.54, 1.807) is 0 Å².